The van der Waals surface area contributed by atoms with Crippen LogP contribution >= 0.6 is 11.9 Å². The van der Waals surface area contributed by atoms with Crippen molar-refractivity contribution in [1.29, 1.82) is 5.41 Å². The molecule has 1 amide bonds. The average Bonchev–Trinajstić information content (AvgIpc) is 3.42. The zero-order valence-corrected chi connectivity index (χ0v) is 19.1. The van der Waals surface area contributed by atoms with Gasteiger partial charge in [-0.25, -0.2) is 18.1 Å². The van der Waals surface area contributed by atoms with E-state index in [4.69, 9.17) is 14.6 Å². The molecule has 2 aromatic rings. The minimum atomic E-state index is -3.77. The van der Waals surface area contributed by atoms with Gasteiger partial charge in [-0.3, -0.25) is 10.2 Å². The summed E-state index contributed by atoms with van der Waals surface area (Å²) in [6.45, 7) is 3.53. The van der Waals surface area contributed by atoms with Gasteiger partial charge in [-0.05, 0) is 41.8 Å². The minimum Gasteiger partial charge on any atom is -0.457 e. The van der Waals surface area contributed by atoms with Crippen LogP contribution in [0, 0.1) is 11.3 Å². The Hall–Kier alpha value is -3.51. The van der Waals surface area contributed by atoms with Gasteiger partial charge in [0.25, 0.3) is 5.91 Å². The van der Waals surface area contributed by atoms with Crippen LogP contribution in [0.25, 0.3) is 6.08 Å². The fraction of sp³-hybridized carbons (Fsp3) is 0.190. The van der Waals surface area contributed by atoms with Crippen LogP contribution in [0.3, 0.4) is 0 Å². The van der Waals surface area contributed by atoms with E-state index < -0.39 is 21.7 Å². The van der Waals surface area contributed by atoms with Gasteiger partial charge in [0.05, 0.1) is 29.5 Å². The Morgan fingerprint density at radius 1 is 1.27 bits per heavy atom. The molecular formula is C21H18N4O6S2. The van der Waals surface area contributed by atoms with E-state index in [1.807, 2.05) is 0 Å². The highest BCUT2D eigenvalue weighted by Gasteiger charge is 2.42. The molecule has 2 aliphatic rings. The number of ether oxygens (including phenoxy) is 1. The van der Waals surface area contributed by atoms with Crippen LogP contribution < -0.4 is 4.74 Å². The van der Waals surface area contributed by atoms with E-state index >= 15 is 0 Å². The van der Waals surface area contributed by atoms with Crippen molar-refractivity contribution in [2.45, 2.75) is 13.8 Å². The number of benzene rings is 1. The van der Waals surface area contributed by atoms with Crippen molar-refractivity contribution in [2.24, 2.45) is 15.3 Å². The van der Waals surface area contributed by atoms with Gasteiger partial charge in [-0.1, -0.05) is 26.0 Å². The Bertz CT molecular complexity index is 1320. The highest BCUT2D eigenvalue weighted by Crippen LogP contribution is 2.30. The van der Waals surface area contributed by atoms with Gasteiger partial charge in [-0.2, -0.15) is 9.39 Å². The smallest absolute Gasteiger partial charge is 0.379 e. The predicted octanol–water partition coefficient (Wildman–Crippen LogP) is 3.15. The molecule has 0 unspecified atom stereocenters. The van der Waals surface area contributed by atoms with E-state index in [1.165, 1.54) is 30.5 Å². The van der Waals surface area contributed by atoms with E-state index in [-0.39, 0.29) is 44.9 Å². The average molecular weight is 487 g/mol. The Morgan fingerprint density at radius 3 is 2.64 bits per heavy atom. The number of amides is 1. The van der Waals surface area contributed by atoms with Crippen LogP contribution in [0.5, 0.6) is 5.75 Å². The molecule has 0 fully saturated rings. The molecule has 0 saturated heterocycles. The predicted molar refractivity (Wildman–Crippen MR) is 124 cm³/mol. The van der Waals surface area contributed by atoms with E-state index in [9.17, 15) is 18.0 Å². The molecule has 0 atom stereocenters. The number of carbonyl (C=O) groups is 2. The van der Waals surface area contributed by atoms with Gasteiger partial charge < -0.3 is 9.15 Å². The lowest BCUT2D eigenvalue weighted by molar-refractivity contribution is -0.114. The number of hydrogen-bond acceptors (Lipinski definition) is 9. The second-order valence-corrected chi connectivity index (χ2v) is 10.2. The van der Waals surface area contributed by atoms with Gasteiger partial charge in [0, 0.05) is 0 Å². The van der Waals surface area contributed by atoms with E-state index in [2.05, 4.69) is 9.39 Å². The Morgan fingerprint density at radius 2 is 2.00 bits per heavy atom. The summed E-state index contributed by atoms with van der Waals surface area (Å²) in [6.07, 6.45) is 2.78. The Kier molecular flexibility index (Phi) is 6.04. The van der Waals surface area contributed by atoms with Gasteiger partial charge in [-0.15, -0.1) is 0 Å². The molecular weight excluding hydrogens is 468 g/mol. The Labute approximate surface area is 193 Å². The number of carbonyl (C=O) groups excluding carboxylic acids is 2. The van der Waals surface area contributed by atoms with Crippen LogP contribution in [0.1, 0.15) is 30.0 Å². The summed E-state index contributed by atoms with van der Waals surface area (Å²) in [5.74, 6) is -1.62. The lowest BCUT2D eigenvalue weighted by Crippen LogP contribution is -2.46. The zero-order chi connectivity index (χ0) is 23.8. The number of aliphatic imine (C=N–C) groups is 1. The molecule has 10 nitrogen and oxygen atoms in total. The summed E-state index contributed by atoms with van der Waals surface area (Å²) >= 11 is 0.750. The number of sulfone groups is 1. The minimum absolute atomic E-state index is 0.0321. The molecule has 1 aromatic carbocycles. The van der Waals surface area contributed by atoms with Crippen LogP contribution in [0.2, 0.25) is 0 Å². The molecule has 2 aliphatic heterocycles. The molecule has 0 aliphatic carbocycles. The summed E-state index contributed by atoms with van der Waals surface area (Å²) in [6, 6.07) is 9.25. The van der Waals surface area contributed by atoms with E-state index in [1.54, 1.807) is 32.0 Å². The second-order valence-electron chi connectivity index (χ2n) is 7.52. The maximum atomic E-state index is 12.7. The maximum Gasteiger partial charge on any atom is 0.379 e. The SMILES string of the molecule is CC(C)CS(=O)(=O)C1=NSC2=NC(=O)C(=Cc3ccc(OC(=O)c4ccco4)cc3)C(=N)N21. The van der Waals surface area contributed by atoms with Gasteiger partial charge in [0.1, 0.15) is 11.6 Å². The molecule has 1 N–H and O–H groups in total. The first-order valence-corrected chi connectivity index (χ1v) is 12.2. The maximum absolute atomic E-state index is 12.7. The van der Waals surface area contributed by atoms with Crippen LogP contribution in [-0.4, -0.2) is 47.1 Å². The summed E-state index contributed by atoms with van der Waals surface area (Å²) in [4.78, 5) is 29.5. The standard InChI is InChI=1S/C21H18N4O6S2/c1-12(2)11-33(28,29)21-24-32-20-23-18(26)15(17(22)25(20)21)10-13-5-7-14(8-6-13)31-19(27)16-4-3-9-30-16/h3-10,12,22H,11H2,1-2H3. The van der Waals surface area contributed by atoms with Crippen molar-refractivity contribution in [3.05, 3.63) is 59.6 Å². The lowest BCUT2D eigenvalue weighted by atomic mass is 10.1. The fourth-order valence-electron chi connectivity index (χ4n) is 3.06. The van der Waals surface area contributed by atoms with Crippen molar-refractivity contribution in [2.75, 3.05) is 5.75 Å². The number of rotatable bonds is 5. The lowest BCUT2D eigenvalue weighted by Gasteiger charge is -2.24. The van der Waals surface area contributed by atoms with Gasteiger partial charge in [0.15, 0.2) is 0 Å². The molecule has 1 aromatic heterocycles. The van der Waals surface area contributed by atoms with Crippen molar-refractivity contribution in [3.63, 3.8) is 0 Å². The van der Waals surface area contributed by atoms with Gasteiger partial charge in [0.2, 0.25) is 25.9 Å². The zero-order valence-electron chi connectivity index (χ0n) is 17.5. The molecule has 0 spiro atoms. The normalized spacial score (nSPS) is 17.3. The van der Waals surface area contributed by atoms with Crippen molar-refractivity contribution >= 4 is 55.9 Å². The highest BCUT2D eigenvalue weighted by molar-refractivity contribution is 8.16. The number of amidine groups is 3. The number of esters is 1. The third-order valence-electron chi connectivity index (χ3n) is 4.45. The number of fused-ring (bicyclic) bond motifs is 1. The van der Waals surface area contributed by atoms with Crippen molar-refractivity contribution in [1.82, 2.24) is 4.90 Å². The summed E-state index contributed by atoms with van der Waals surface area (Å²) in [7, 11) is -3.77. The number of hydrogen-bond donors (Lipinski definition) is 1. The molecule has 0 radical (unpaired) electrons. The molecule has 12 heteroatoms. The molecule has 4 rings (SSSR count). The monoisotopic (exact) mass is 486 g/mol. The molecule has 3 heterocycles. The summed E-state index contributed by atoms with van der Waals surface area (Å²) < 4.78 is 39.6. The third-order valence-corrected chi connectivity index (χ3v) is 7.20. The molecule has 170 valence electrons. The Balaban J connectivity index is 1.56. The summed E-state index contributed by atoms with van der Waals surface area (Å²) in [5.41, 5.74) is 0.434. The fourth-order valence-corrected chi connectivity index (χ4v) is 5.80. The molecule has 0 saturated carbocycles. The number of nitrogens with one attached hydrogen (secondary N) is 1. The van der Waals surface area contributed by atoms with E-state index in [0.717, 1.165) is 16.8 Å². The van der Waals surface area contributed by atoms with Crippen LogP contribution in [0.4, 0.5) is 0 Å². The summed E-state index contributed by atoms with van der Waals surface area (Å²) in [5, 5.41) is 8.21. The third kappa shape index (κ3) is 4.66. The van der Waals surface area contributed by atoms with Crippen LogP contribution in [0.15, 0.2) is 62.0 Å². The molecule has 0 bridgehead atoms. The quantitative estimate of drug-likeness (QED) is 0.294. The number of furan rings is 1. The van der Waals surface area contributed by atoms with Crippen LogP contribution in [-0.2, 0) is 14.6 Å². The molecule has 33 heavy (non-hydrogen) atoms. The largest absolute Gasteiger partial charge is 0.457 e. The first kappa shape index (κ1) is 22.7. The topological polar surface area (TPSA) is 142 Å². The first-order valence-electron chi connectivity index (χ1n) is 9.73. The number of nitrogens with zero attached hydrogens (tertiary/aromatic N) is 3. The second kappa shape index (κ2) is 8.79. The van der Waals surface area contributed by atoms with Crippen molar-refractivity contribution < 1.29 is 27.2 Å². The van der Waals surface area contributed by atoms with E-state index in [0.29, 0.717) is 5.56 Å². The highest BCUT2D eigenvalue weighted by atomic mass is 32.2. The first-order chi connectivity index (χ1) is 15.7. The van der Waals surface area contributed by atoms with Crippen molar-refractivity contribution in [3.8, 4) is 5.75 Å². The van der Waals surface area contributed by atoms with Gasteiger partial charge >= 0.3 is 5.97 Å².